The molecule has 4 aromatic rings. The van der Waals surface area contributed by atoms with Crippen molar-refractivity contribution in [3.8, 4) is 17.1 Å². The van der Waals surface area contributed by atoms with Crippen LogP contribution in [0.15, 0.2) is 88.5 Å². The summed E-state index contributed by atoms with van der Waals surface area (Å²) < 4.78 is 2.92. The molecule has 1 N–H and O–H groups in total. The summed E-state index contributed by atoms with van der Waals surface area (Å²) in [5.41, 5.74) is 2.97. The van der Waals surface area contributed by atoms with Crippen molar-refractivity contribution < 1.29 is 9.59 Å². The zero-order valence-corrected chi connectivity index (χ0v) is 19.6. The van der Waals surface area contributed by atoms with Crippen LogP contribution in [0.25, 0.3) is 17.1 Å². The number of halogens is 1. The number of carbonyl (C=O) groups excluding carboxylic acids is 2. The summed E-state index contributed by atoms with van der Waals surface area (Å²) in [6, 6.07) is 24.5. The molecule has 0 aliphatic heterocycles. The molecule has 160 valence electrons. The van der Waals surface area contributed by atoms with E-state index in [0.29, 0.717) is 22.2 Å². The molecule has 8 heteroatoms. The summed E-state index contributed by atoms with van der Waals surface area (Å²) in [7, 11) is 0. The molecular weight excluding hydrogens is 488 g/mol. The van der Waals surface area contributed by atoms with Crippen LogP contribution in [-0.4, -0.2) is 32.2 Å². The van der Waals surface area contributed by atoms with E-state index in [9.17, 15) is 9.59 Å². The van der Waals surface area contributed by atoms with Crippen molar-refractivity contribution >= 4 is 45.1 Å². The topological polar surface area (TPSA) is 76.9 Å². The molecule has 4 rings (SSSR count). The van der Waals surface area contributed by atoms with Crippen LogP contribution >= 0.6 is 27.7 Å². The molecule has 0 atom stereocenters. The van der Waals surface area contributed by atoms with E-state index in [4.69, 9.17) is 0 Å². The normalized spacial score (nSPS) is 10.7. The van der Waals surface area contributed by atoms with Gasteiger partial charge < -0.3 is 5.32 Å². The van der Waals surface area contributed by atoms with Gasteiger partial charge in [0, 0.05) is 27.0 Å². The van der Waals surface area contributed by atoms with Crippen LogP contribution in [0.2, 0.25) is 0 Å². The second kappa shape index (κ2) is 9.93. The Hall–Kier alpha value is -3.23. The standard InChI is InChI=1S/C24H19BrN4O2S/c1-16(30)18-6-5-7-20(14-18)26-22(31)15-32-24-28-27-23(17-10-12-19(25)13-11-17)29(24)21-8-3-2-4-9-21/h2-14H,15H2,1H3,(H,26,31). The number of nitrogens with one attached hydrogen (secondary N) is 1. The number of thioether (sulfide) groups is 1. The maximum atomic E-state index is 12.5. The molecule has 0 fully saturated rings. The van der Waals surface area contributed by atoms with Crippen LogP contribution < -0.4 is 5.32 Å². The fourth-order valence-corrected chi connectivity index (χ4v) is 4.12. The smallest absolute Gasteiger partial charge is 0.234 e. The monoisotopic (exact) mass is 506 g/mol. The van der Waals surface area contributed by atoms with E-state index in [2.05, 4.69) is 31.4 Å². The Morgan fingerprint density at radius 2 is 1.72 bits per heavy atom. The highest BCUT2D eigenvalue weighted by Gasteiger charge is 2.17. The first kappa shape index (κ1) is 22.0. The molecule has 0 saturated heterocycles. The molecule has 6 nitrogen and oxygen atoms in total. The van der Waals surface area contributed by atoms with Gasteiger partial charge in [0.05, 0.1) is 5.75 Å². The number of benzene rings is 3. The number of carbonyl (C=O) groups is 2. The first-order chi connectivity index (χ1) is 15.5. The first-order valence-electron chi connectivity index (χ1n) is 9.82. The Morgan fingerprint density at radius 3 is 2.44 bits per heavy atom. The van der Waals surface area contributed by atoms with E-state index in [-0.39, 0.29) is 17.4 Å². The van der Waals surface area contributed by atoms with Crippen LogP contribution in [-0.2, 0) is 4.79 Å². The van der Waals surface area contributed by atoms with E-state index in [1.807, 2.05) is 59.2 Å². The highest BCUT2D eigenvalue weighted by Crippen LogP contribution is 2.28. The zero-order valence-electron chi connectivity index (χ0n) is 17.2. The van der Waals surface area contributed by atoms with Crippen molar-refractivity contribution in [1.82, 2.24) is 14.8 Å². The Kier molecular flexibility index (Phi) is 6.82. The van der Waals surface area contributed by atoms with E-state index in [0.717, 1.165) is 15.7 Å². The number of Topliss-reactive ketones (excluding diaryl/α,β-unsaturated/α-hetero) is 1. The van der Waals surface area contributed by atoms with E-state index >= 15 is 0 Å². The number of aromatic nitrogens is 3. The SMILES string of the molecule is CC(=O)c1cccc(NC(=O)CSc2nnc(-c3ccc(Br)cc3)n2-c2ccccc2)c1. The Morgan fingerprint density at radius 1 is 0.969 bits per heavy atom. The number of hydrogen-bond donors (Lipinski definition) is 1. The van der Waals surface area contributed by atoms with Crippen molar-refractivity contribution in [1.29, 1.82) is 0 Å². The van der Waals surface area contributed by atoms with Crippen LogP contribution in [0.3, 0.4) is 0 Å². The van der Waals surface area contributed by atoms with Gasteiger partial charge in [-0.05, 0) is 43.3 Å². The van der Waals surface area contributed by atoms with Gasteiger partial charge in [-0.25, -0.2) is 0 Å². The van der Waals surface area contributed by atoms with E-state index in [1.54, 1.807) is 24.3 Å². The van der Waals surface area contributed by atoms with Gasteiger partial charge in [-0.15, -0.1) is 10.2 Å². The Bertz CT molecular complexity index is 1260. The van der Waals surface area contributed by atoms with Gasteiger partial charge in [-0.2, -0.15) is 0 Å². The molecule has 0 aliphatic carbocycles. The lowest BCUT2D eigenvalue weighted by Crippen LogP contribution is -2.15. The summed E-state index contributed by atoms with van der Waals surface area (Å²) >= 11 is 4.76. The fourth-order valence-electron chi connectivity index (χ4n) is 3.10. The van der Waals surface area contributed by atoms with Crippen molar-refractivity contribution in [2.75, 3.05) is 11.1 Å². The molecule has 32 heavy (non-hydrogen) atoms. The summed E-state index contributed by atoms with van der Waals surface area (Å²) in [6.45, 7) is 1.50. The number of anilines is 1. The van der Waals surface area contributed by atoms with Gasteiger partial charge in [0.2, 0.25) is 5.91 Å². The third-order valence-electron chi connectivity index (χ3n) is 4.64. The minimum atomic E-state index is -0.191. The number of rotatable bonds is 7. The first-order valence-corrected chi connectivity index (χ1v) is 11.6. The summed E-state index contributed by atoms with van der Waals surface area (Å²) in [6.07, 6.45) is 0. The van der Waals surface area contributed by atoms with Crippen molar-refractivity contribution in [3.63, 3.8) is 0 Å². The number of para-hydroxylation sites is 1. The van der Waals surface area contributed by atoms with Crippen molar-refractivity contribution in [3.05, 3.63) is 88.9 Å². The van der Waals surface area contributed by atoms with Crippen molar-refractivity contribution in [2.45, 2.75) is 12.1 Å². The molecule has 1 heterocycles. The van der Waals surface area contributed by atoms with Gasteiger partial charge in [0.25, 0.3) is 0 Å². The number of hydrogen-bond acceptors (Lipinski definition) is 5. The third kappa shape index (κ3) is 5.15. The van der Waals surface area contributed by atoms with Crippen molar-refractivity contribution in [2.24, 2.45) is 0 Å². The highest BCUT2D eigenvalue weighted by molar-refractivity contribution is 9.10. The second-order valence-electron chi connectivity index (χ2n) is 6.96. The Balaban J connectivity index is 1.56. The Labute approximate surface area is 198 Å². The molecular formula is C24H19BrN4O2S. The minimum absolute atomic E-state index is 0.0492. The van der Waals surface area contributed by atoms with Gasteiger partial charge in [-0.1, -0.05) is 70.2 Å². The van der Waals surface area contributed by atoms with Crippen LogP contribution in [0.4, 0.5) is 5.69 Å². The molecule has 0 saturated carbocycles. The third-order valence-corrected chi connectivity index (χ3v) is 6.09. The fraction of sp³-hybridized carbons (Fsp3) is 0.0833. The van der Waals surface area contributed by atoms with E-state index in [1.165, 1.54) is 18.7 Å². The van der Waals surface area contributed by atoms with Gasteiger partial charge in [-0.3, -0.25) is 14.2 Å². The van der Waals surface area contributed by atoms with Gasteiger partial charge >= 0.3 is 0 Å². The molecule has 1 aromatic heterocycles. The van der Waals surface area contributed by atoms with Gasteiger partial charge in [0.15, 0.2) is 16.8 Å². The highest BCUT2D eigenvalue weighted by atomic mass is 79.9. The molecule has 0 radical (unpaired) electrons. The molecule has 1 amide bonds. The predicted molar refractivity (Wildman–Crippen MR) is 130 cm³/mol. The zero-order chi connectivity index (χ0) is 22.5. The lowest BCUT2D eigenvalue weighted by Gasteiger charge is -2.11. The summed E-state index contributed by atoms with van der Waals surface area (Å²) in [5.74, 6) is 0.603. The van der Waals surface area contributed by atoms with Gasteiger partial charge in [0.1, 0.15) is 0 Å². The molecule has 0 bridgehead atoms. The minimum Gasteiger partial charge on any atom is -0.325 e. The average molecular weight is 507 g/mol. The maximum absolute atomic E-state index is 12.5. The molecule has 0 unspecified atom stereocenters. The molecule has 0 aliphatic rings. The maximum Gasteiger partial charge on any atom is 0.234 e. The largest absolute Gasteiger partial charge is 0.325 e. The quantitative estimate of drug-likeness (QED) is 0.259. The number of nitrogens with zero attached hydrogens (tertiary/aromatic N) is 3. The van der Waals surface area contributed by atoms with Crippen LogP contribution in [0.1, 0.15) is 17.3 Å². The van der Waals surface area contributed by atoms with Crippen LogP contribution in [0, 0.1) is 0 Å². The summed E-state index contributed by atoms with van der Waals surface area (Å²) in [5, 5.41) is 12.2. The predicted octanol–water partition coefficient (Wildman–Crippen LogP) is 5.63. The number of amides is 1. The summed E-state index contributed by atoms with van der Waals surface area (Å²) in [4.78, 5) is 24.1. The molecule has 0 spiro atoms. The second-order valence-corrected chi connectivity index (χ2v) is 8.82. The van der Waals surface area contributed by atoms with E-state index < -0.39 is 0 Å². The number of ketones is 1. The van der Waals surface area contributed by atoms with Crippen LogP contribution in [0.5, 0.6) is 0 Å². The lowest BCUT2D eigenvalue weighted by atomic mass is 10.1. The average Bonchev–Trinajstić information content (AvgIpc) is 3.23. The lowest BCUT2D eigenvalue weighted by molar-refractivity contribution is -0.113. The molecule has 3 aromatic carbocycles.